The summed E-state index contributed by atoms with van der Waals surface area (Å²) in [7, 11) is 0. The second-order valence-electron chi connectivity index (χ2n) is 9.74. The Labute approximate surface area is 233 Å². The Bertz CT molecular complexity index is 1490. The smallest absolute Gasteiger partial charge is 0.421 e. The molecule has 1 aromatic carbocycles. The van der Waals surface area contributed by atoms with Crippen LogP contribution in [0.4, 0.5) is 4.79 Å². The lowest BCUT2D eigenvalue weighted by Gasteiger charge is -2.46. The van der Waals surface area contributed by atoms with Crippen molar-refractivity contribution in [3.05, 3.63) is 52.4 Å². The van der Waals surface area contributed by atoms with Crippen LogP contribution in [0.5, 0.6) is 5.75 Å². The number of β-lactam (4-membered cyclic amide) rings is 1. The second-order valence-corrected chi connectivity index (χ2v) is 11.6. The van der Waals surface area contributed by atoms with Crippen LogP contribution in [0.3, 0.4) is 0 Å². The first-order valence-electron chi connectivity index (χ1n) is 12.4. The lowest BCUT2D eigenvalue weighted by atomic mass is 9.77. The fourth-order valence-electron chi connectivity index (χ4n) is 5.36. The molecule has 10 nitrogen and oxygen atoms in total. The number of thiazole rings is 1. The van der Waals surface area contributed by atoms with Gasteiger partial charge in [0.05, 0.1) is 22.9 Å². The van der Waals surface area contributed by atoms with Gasteiger partial charge in [0.25, 0.3) is 0 Å². The molecule has 12 heteroatoms. The zero-order valence-corrected chi connectivity index (χ0v) is 24.0. The molecule has 5 atom stereocenters. The van der Waals surface area contributed by atoms with Gasteiger partial charge < -0.3 is 24.2 Å². The third-order valence-corrected chi connectivity index (χ3v) is 9.09. The number of esters is 1. The number of carbonyl (C=O) groups excluding carboxylic acids is 3. The number of hydrogen-bond donors (Lipinski definition) is 1. The number of nitrogens with zero attached hydrogens (tertiary/aromatic N) is 3. The summed E-state index contributed by atoms with van der Waals surface area (Å²) in [5, 5.41) is 11.1. The molecular formula is C27H29N3O7S2. The van der Waals surface area contributed by atoms with E-state index < -0.39 is 30.4 Å². The van der Waals surface area contributed by atoms with Crippen molar-refractivity contribution >= 4 is 51.5 Å². The van der Waals surface area contributed by atoms with E-state index >= 15 is 0 Å². The third kappa shape index (κ3) is 4.60. The summed E-state index contributed by atoms with van der Waals surface area (Å²) in [4.78, 5) is 46.6. The van der Waals surface area contributed by atoms with Crippen molar-refractivity contribution in [3.63, 3.8) is 0 Å². The number of thioether (sulfide) groups is 1. The molecule has 5 rings (SSSR count). The monoisotopic (exact) mass is 571 g/mol. The van der Waals surface area contributed by atoms with Gasteiger partial charge in [0.15, 0.2) is 0 Å². The zero-order valence-electron chi connectivity index (χ0n) is 22.3. The summed E-state index contributed by atoms with van der Waals surface area (Å²) in [5.41, 5.74) is 2.26. The second kappa shape index (κ2) is 10.3. The van der Waals surface area contributed by atoms with Gasteiger partial charge in [-0.25, -0.2) is 14.6 Å². The van der Waals surface area contributed by atoms with Gasteiger partial charge in [0, 0.05) is 24.6 Å². The van der Waals surface area contributed by atoms with Crippen molar-refractivity contribution < 1.29 is 33.7 Å². The highest BCUT2D eigenvalue weighted by atomic mass is 32.2. The maximum Gasteiger partial charge on any atom is 0.516 e. The van der Waals surface area contributed by atoms with Gasteiger partial charge in [-0.2, -0.15) is 0 Å². The summed E-state index contributed by atoms with van der Waals surface area (Å²) in [6, 6.07) is 5.07. The van der Waals surface area contributed by atoms with Crippen LogP contribution in [0.25, 0.3) is 10.4 Å². The predicted octanol–water partition coefficient (Wildman–Crippen LogP) is 4.41. The van der Waals surface area contributed by atoms with Crippen molar-refractivity contribution in [2.24, 2.45) is 11.8 Å². The number of hydrogen-bond acceptors (Lipinski definition) is 10. The molecule has 2 aromatic heterocycles. The van der Waals surface area contributed by atoms with Crippen LogP contribution >= 0.6 is 23.1 Å². The molecule has 206 valence electrons. The molecule has 0 bridgehead atoms. The highest BCUT2D eigenvalue weighted by Crippen LogP contribution is 2.52. The van der Waals surface area contributed by atoms with Gasteiger partial charge in [0.2, 0.25) is 12.2 Å². The minimum atomic E-state index is -1.28. The molecule has 3 aromatic rings. The summed E-state index contributed by atoms with van der Waals surface area (Å²) in [5.74, 6) is -1.64. The molecule has 0 aliphatic carbocycles. The molecule has 4 heterocycles. The Hall–Kier alpha value is -3.35. The lowest BCUT2D eigenvalue weighted by molar-refractivity contribution is -0.172. The Morgan fingerprint density at radius 2 is 1.87 bits per heavy atom. The molecule has 39 heavy (non-hydrogen) atoms. The number of aliphatic hydroxyl groups excluding tert-OH is 1. The number of amides is 1. The minimum Gasteiger partial charge on any atom is -0.421 e. The number of para-hydroxylation sites is 1. The average molecular weight is 572 g/mol. The van der Waals surface area contributed by atoms with E-state index in [2.05, 4.69) is 4.98 Å². The maximum absolute atomic E-state index is 13.5. The van der Waals surface area contributed by atoms with Crippen molar-refractivity contribution in [2.75, 3.05) is 6.26 Å². The number of aryl methyl sites for hydroxylation is 2. The molecule has 0 spiro atoms. The average Bonchev–Trinajstić information content (AvgIpc) is 3.50. The van der Waals surface area contributed by atoms with E-state index in [-0.39, 0.29) is 23.6 Å². The van der Waals surface area contributed by atoms with Gasteiger partial charge >= 0.3 is 12.1 Å². The number of fused-ring (bicyclic) bond motifs is 2. The zero-order chi connectivity index (χ0) is 28.2. The first-order chi connectivity index (χ1) is 18.5. The molecule has 0 radical (unpaired) electrons. The lowest BCUT2D eigenvalue weighted by Crippen LogP contribution is -2.63. The van der Waals surface area contributed by atoms with Gasteiger partial charge in [-0.1, -0.05) is 25.1 Å². The molecule has 2 aliphatic rings. The van der Waals surface area contributed by atoms with Gasteiger partial charge in [-0.15, -0.1) is 23.1 Å². The highest BCUT2D eigenvalue weighted by Gasteiger charge is 2.60. The van der Waals surface area contributed by atoms with Crippen LogP contribution < -0.4 is 4.74 Å². The molecule has 2 aliphatic heterocycles. The standard InChI is InChI=1S/C27H29N3O7S2/c1-12-8-7-9-13(2)22(12)37-27(34)36-16(5)35-26(33)21-18(14(3)20-19(15(4)31)24(32)30(20)21)17-10-29-11-28-23(38-6)25(29)39-17/h7-11,14-16,19-20,31H,1-6H3/t14-,15+,16?,19+,20+/m0/s1. The molecule has 1 fully saturated rings. The number of rotatable bonds is 7. The molecule has 1 amide bonds. The van der Waals surface area contributed by atoms with Crippen molar-refractivity contribution in [1.82, 2.24) is 14.3 Å². The predicted molar refractivity (Wildman–Crippen MR) is 145 cm³/mol. The van der Waals surface area contributed by atoms with E-state index in [9.17, 15) is 19.5 Å². The number of benzene rings is 1. The Morgan fingerprint density at radius 3 is 2.51 bits per heavy atom. The quantitative estimate of drug-likeness (QED) is 0.145. The fourth-order valence-corrected chi connectivity index (χ4v) is 7.28. The molecule has 1 saturated heterocycles. The summed E-state index contributed by atoms with van der Waals surface area (Å²) in [6.07, 6.45) is 2.35. The van der Waals surface area contributed by atoms with Crippen LogP contribution in [0.1, 0.15) is 36.8 Å². The Balaban J connectivity index is 1.41. The van der Waals surface area contributed by atoms with Crippen LogP contribution in [-0.4, -0.2) is 62.1 Å². The van der Waals surface area contributed by atoms with E-state index in [0.717, 1.165) is 25.9 Å². The van der Waals surface area contributed by atoms with Crippen molar-refractivity contribution in [2.45, 2.75) is 58.1 Å². The van der Waals surface area contributed by atoms with Gasteiger partial charge in [-0.05, 0) is 38.2 Å². The summed E-state index contributed by atoms with van der Waals surface area (Å²) >= 11 is 2.98. The third-order valence-electron chi connectivity index (χ3n) is 7.13. The molecule has 1 unspecified atom stereocenters. The van der Waals surface area contributed by atoms with Crippen LogP contribution in [-0.2, 0) is 19.1 Å². The SMILES string of the molecule is CSc1ncn2cc(C3=C(C(=O)OC(C)OC(=O)Oc4c(C)cccc4C)N4C(=O)[C@H]([C@@H](C)O)[C@H]4[C@H]3C)sc12. The van der Waals surface area contributed by atoms with E-state index in [1.807, 2.05) is 29.8 Å². The van der Waals surface area contributed by atoms with Crippen LogP contribution in [0.15, 0.2) is 41.4 Å². The number of aromatic nitrogens is 2. The Morgan fingerprint density at radius 1 is 1.18 bits per heavy atom. The minimum absolute atomic E-state index is 0.0936. The van der Waals surface area contributed by atoms with Gasteiger partial charge in [0.1, 0.15) is 27.6 Å². The van der Waals surface area contributed by atoms with Gasteiger partial charge in [-0.3, -0.25) is 9.20 Å². The Kier molecular flexibility index (Phi) is 7.21. The fraction of sp³-hybridized carbons (Fsp3) is 0.407. The number of carbonyl (C=O) groups is 3. The molecular weight excluding hydrogens is 542 g/mol. The largest absolute Gasteiger partial charge is 0.516 e. The topological polar surface area (TPSA) is 120 Å². The first-order valence-corrected chi connectivity index (χ1v) is 14.5. The first kappa shape index (κ1) is 27.2. The van der Waals surface area contributed by atoms with E-state index in [0.29, 0.717) is 11.3 Å². The van der Waals surface area contributed by atoms with Crippen molar-refractivity contribution in [1.29, 1.82) is 0 Å². The van der Waals surface area contributed by atoms with E-state index in [1.54, 1.807) is 39.2 Å². The number of ether oxygens (including phenoxy) is 3. The van der Waals surface area contributed by atoms with E-state index in [1.165, 1.54) is 34.9 Å². The number of imidazole rings is 1. The maximum atomic E-state index is 13.5. The molecule has 0 saturated carbocycles. The highest BCUT2D eigenvalue weighted by molar-refractivity contribution is 7.98. The van der Waals surface area contributed by atoms with Crippen LogP contribution in [0.2, 0.25) is 0 Å². The van der Waals surface area contributed by atoms with E-state index in [4.69, 9.17) is 14.2 Å². The molecule has 1 N–H and O–H groups in total. The summed E-state index contributed by atoms with van der Waals surface area (Å²) < 4.78 is 17.9. The normalized spacial score (nSPS) is 22.0. The summed E-state index contributed by atoms with van der Waals surface area (Å²) in [6.45, 7) is 8.52. The van der Waals surface area contributed by atoms with Crippen molar-refractivity contribution in [3.8, 4) is 5.75 Å². The van der Waals surface area contributed by atoms with Crippen LogP contribution in [0, 0.1) is 25.7 Å². The number of aliphatic hydroxyl groups is 1.